The van der Waals surface area contributed by atoms with Crippen LogP contribution >= 0.6 is 0 Å². The van der Waals surface area contributed by atoms with Gasteiger partial charge in [0.05, 0.1) is 13.2 Å². The van der Waals surface area contributed by atoms with E-state index in [0.717, 1.165) is 42.7 Å². The van der Waals surface area contributed by atoms with Crippen LogP contribution in [0.1, 0.15) is 81.4 Å². The van der Waals surface area contributed by atoms with E-state index >= 15 is 0 Å². The SMILES string of the molecule is CCCCC(CCC)c1cc(CO)cc(N2CCCC2)c1CO. The number of hydrogen-bond donors (Lipinski definition) is 2. The predicted octanol–water partition coefficient (Wildman–Crippen LogP) is 4.35. The van der Waals surface area contributed by atoms with Gasteiger partial charge in [-0.2, -0.15) is 0 Å². The number of nitrogens with zero attached hydrogens (tertiary/aromatic N) is 1. The lowest BCUT2D eigenvalue weighted by Gasteiger charge is -2.27. The van der Waals surface area contributed by atoms with Gasteiger partial charge in [-0.15, -0.1) is 0 Å². The van der Waals surface area contributed by atoms with Crippen molar-refractivity contribution in [2.75, 3.05) is 18.0 Å². The van der Waals surface area contributed by atoms with Crippen LogP contribution in [0.4, 0.5) is 5.69 Å². The second-order valence-corrected chi connectivity index (χ2v) is 6.82. The lowest BCUT2D eigenvalue weighted by molar-refractivity contribution is 0.276. The monoisotopic (exact) mass is 319 g/mol. The largest absolute Gasteiger partial charge is 0.392 e. The fourth-order valence-corrected chi connectivity index (χ4v) is 3.86. The van der Waals surface area contributed by atoms with Crippen molar-refractivity contribution in [1.82, 2.24) is 0 Å². The molecule has 2 rings (SSSR count). The highest BCUT2D eigenvalue weighted by Gasteiger charge is 2.22. The minimum atomic E-state index is 0.0756. The highest BCUT2D eigenvalue weighted by molar-refractivity contribution is 5.60. The molecule has 1 fully saturated rings. The van der Waals surface area contributed by atoms with Crippen LogP contribution in [0, 0.1) is 0 Å². The number of aliphatic hydroxyl groups is 2. The third-order valence-corrected chi connectivity index (χ3v) is 5.09. The molecule has 1 saturated heterocycles. The van der Waals surface area contributed by atoms with Crippen molar-refractivity contribution < 1.29 is 10.2 Å². The first-order valence-electron chi connectivity index (χ1n) is 9.37. The van der Waals surface area contributed by atoms with Crippen molar-refractivity contribution in [3.05, 3.63) is 28.8 Å². The molecule has 0 saturated carbocycles. The molecular formula is C20H33NO2. The molecule has 1 atom stereocenters. The zero-order valence-corrected chi connectivity index (χ0v) is 14.9. The van der Waals surface area contributed by atoms with E-state index in [4.69, 9.17) is 0 Å². The van der Waals surface area contributed by atoms with E-state index in [1.165, 1.54) is 37.7 Å². The van der Waals surface area contributed by atoms with Gasteiger partial charge < -0.3 is 15.1 Å². The van der Waals surface area contributed by atoms with Crippen LogP contribution in [-0.2, 0) is 13.2 Å². The van der Waals surface area contributed by atoms with E-state index in [1.807, 2.05) is 0 Å². The number of anilines is 1. The molecule has 1 aromatic carbocycles. The lowest BCUT2D eigenvalue weighted by Crippen LogP contribution is -2.21. The summed E-state index contributed by atoms with van der Waals surface area (Å²) in [6.45, 7) is 6.76. The Morgan fingerprint density at radius 2 is 1.74 bits per heavy atom. The molecule has 1 unspecified atom stereocenters. The van der Waals surface area contributed by atoms with Crippen molar-refractivity contribution in [3.63, 3.8) is 0 Å². The predicted molar refractivity (Wildman–Crippen MR) is 96.9 cm³/mol. The first kappa shape index (κ1) is 18.3. The van der Waals surface area contributed by atoms with E-state index in [-0.39, 0.29) is 13.2 Å². The van der Waals surface area contributed by atoms with Gasteiger partial charge in [0.25, 0.3) is 0 Å². The van der Waals surface area contributed by atoms with Gasteiger partial charge in [-0.05, 0) is 48.8 Å². The molecule has 0 bridgehead atoms. The van der Waals surface area contributed by atoms with Gasteiger partial charge >= 0.3 is 0 Å². The second-order valence-electron chi connectivity index (χ2n) is 6.82. The van der Waals surface area contributed by atoms with Crippen molar-refractivity contribution in [1.29, 1.82) is 0 Å². The van der Waals surface area contributed by atoms with Crippen LogP contribution < -0.4 is 4.90 Å². The van der Waals surface area contributed by atoms with Gasteiger partial charge in [-0.1, -0.05) is 39.2 Å². The molecular weight excluding hydrogens is 286 g/mol. The summed E-state index contributed by atoms with van der Waals surface area (Å²) in [7, 11) is 0. The lowest BCUT2D eigenvalue weighted by atomic mass is 9.85. The highest BCUT2D eigenvalue weighted by Crippen LogP contribution is 2.37. The topological polar surface area (TPSA) is 43.7 Å². The summed E-state index contributed by atoms with van der Waals surface area (Å²) in [6, 6.07) is 4.23. The fourth-order valence-electron chi connectivity index (χ4n) is 3.86. The zero-order chi connectivity index (χ0) is 16.7. The summed E-state index contributed by atoms with van der Waals surface area (Å²) in [5.41, 5.74) is 4.51. The minimum Gasteiger partial charge on any atom is -0.392 e. The molecule has 1 aromatic rings. The Morgan fingerprint density at radius 3 is 2.30 bits per heavy atom. The molecule has 1 aliphatic heterocycles. The van der Waals surface area contributed by atoms with Crippen molar-refractivity contribution >= 4 is 5.69 Å². The van der Waals surface area contributed by atoms with Gasteiger partial charge in [0, 0.05) is 24.3 Å². The molecule has 2 N–H and O–H groups in total. The number of hydrogen-bond acceptors (Lipinski definition) is 3. The third kappa shape index (κ3) is 4.48. The summed E-state index contributed by atoms with van der Waals surface area (Å²) < 4.78 is 0. The number of aliphatic hydroxyl groups excluding tert-OH is 2. The Balaban J connectivity index is 2.43. The Bertz CT molecular complexity index is 481. The van der Waals surface area contributed by atoms with Gasteiger partial charge in [-0.25, -0.2) is 0 Å². The Morgan fingerprint density at radius 1 is 1.00 bits per heavy atom. The van der Waals surface area contributed by atoms with Gasteiger partial charge in [0.15, 0.2) is 0 Å². The van der Waals surface area contributed by atoms with Crippen LogP contribution in [0.5, 0.6) is 0 Å². The molecule has 3 nitrogen and oxygen atoms in total. The van der Waals surface area contributed by atoms with Crippen LogP contribution in [-0.4, -0.2) is 23.3 Å². The molecule has 23 heavy (non-hydrogen) atoms. The summed E-state index contributed by atoms with van der Waals surface area (Å²) in [5.74, 6) is 0.495. The molecule has 3 heteroatoms. The minimum absolute atomic E-state index is 0.0756. The van der Waals surface area contributed by atoms with Gasteiger partial charge in [-0.3, -0.25) is 0 Å². The van der Waals surface area contributed by atoms with Gasteiger partial charge in [0.1, 0.15) is 0 Å². The van der Waals surface area contributed by atoms with Crippen LogP contribution in [0.2, 0.25) is 0 Å². The Kier molecular flexibility index (Phi) is 7.38. The summed E-state index contributed by atoms with van der Waals surface area (Å²) in [5, 5.41) is 19.8. The first-order chi connectivity index (χ1) is 11.2. The summed E-state index contributed by atoms with van der Waals surface area (Å²) in [6.07, 6.45) is 8.34. The maximum atomic E-state index is 10.1. The number of benzene rings is 1. The number of rotatable bonds is 9. The average Bonchev–Trinajstić information content (AvgIpc) is 3.11. The zero-order valence-electron chi connectivity index (χ0n) is 14.9. The van der Waals surface area contributed by atoms with E-state index in [1.54, 1.807) is 0 Å². The normalized spacial score (nSPS) is 16.1. The smallest absolute Gasteiger partial charge is 0.0704 e. The van der Waals surface area contributed by atoms with Crippen molar-refractivity contribution in [2.45, 2.75) is 77.9 Å². The van der Waals surface area contributed by atoms with E-state index in [0.29, 0.717) is 5.92 Å². The summed E-state index contributed by atoms with van der Waals surface area (Å²) >= 11 is 0. The Hall–Kier alpha value is -1.06. The maximum absolute atomic E-state index is 10.1. The molecule has 0 aliphatic carbocycles. The molecule has 1 aliphatic rings. The van der Waals surface area contributed by atoms with Crippen molar-refractivity contribution in [3.8, 4) is 0 Å². The fraction of sp³-hybridized carbons (Fsp3) is 0.700. The Labute approximate surface area is 141 Å². The van der Waals surface area contributed by atoms with E-state index in [2.05, 4.69) is 30.9 Å². The quantitative estimate of drug-likeness (QED) is 0.711. The molecule has 0 aromatic heterocycles. The van der Waals surface area contributed by atoms with Crippen LogP contribution in [0.3, 0.4) is 0 Å². The summed E-state index contributed by atoms with van der Waals surface area (Å²) in [4.78, 5) is 2.39. The molecule has 0 amide bonds. The molecule has 0 spiro atoms. The van der Waals surface area contributed by atoms with E-state index in [9.17, 15) is 10.2 Å². The average molecular weight is 319 g/mol. The third-order valence-electron chi connectivity index (χ3n) is 5.09. The van der Waals surface area contributed by atoms with Crippen LogP contribution in [0.25, 0.3) is 0 Å². The van der Waals surface area contributed by atoms with E-state index < -0.39 is 0 Å². The maximum Gasteiger partial charge on any atom is 0.0704 e. The second kappa shape index (κ2) is 9.29. The van der Waals surface area contributed by atoms with Crippen molar-refractivity contribution in [2.24, 2.45) is 0 Å². The van der Waals surface area contributed by atoms with Gasteiger partial charge in [0.2, 0.25) is 0 Å². The highest BCUT2D eigenvalue weighted by atomic mass is 16.3. The first-order valence-corrected chi connectivity index (χ1v) is 9.37. The standard InChI is InChI=1S/C20H33NO2/c1-3-5-9-17(8-4-2)18-12-16(14-22)13-20(19(18)15-23)21-10-6-7-11-21/h12-13,17,22-23H,3-11,14-15H2,1-2H3. The molecule has 0 radical (unpaired) electrons. The molecule has 1 heterocycles. The number of unbranched alkanes of at least 4 members (excludes halogenated alkanes) is 1. The molecule has 130 valence electrons. The van der Waals surface area contributed by atoms with Crippen LogP contribution in [0.15, 0.2) is 12.1 Å².